The normalized spacial score (nSPS) is 16.2. The number of hydrogen-bond donors (Lipinski definition) is 1. The van der Waals surface area contributed by atoms with Gasteiger partial charge in [-0.15, -0.1) is 0 Å². The summed E-state index contributed by atoms with van der Waals surface area (Å²) in [6, 6.07) is 5.39. The van der Waals surface area contributed by atoms with Crippen molar-refractivity contribution in [3.8, 4) is 0 Å². The van der Waals surface area contributed by atoms with E-state index in [1.165, 1.54) is 0 Å². The van der Waals surface area contributed by atoms with Gasteiger partial charge in [-0.3, -0.25) is 4.79 Å². The van der Waals surface area contributed by atoms with Crippen LogP contribution in [-0.4, -0.2) is 30.4 Å². The van der Waals surface area contributed by atoms with Crippen molar-refractivity contribution in [3.05, 3.63) is 28.2 Å². The van der Waals surface area contributed by atoms with Crippen LogP contribution in [-0.2, 0) is 4.79 Å². The van der Waals surface area contributed by atoms with Gasteiger partial charge in [-0.05, 0) is 37.0 Å². The number of carbonyl (C=O) groups excluding carboxylic acids is 1. The van der Waals surface area contributed by atoms with Gasteiger partial charge in [0.1, 0.15) is 0 Å². The van der Waals surface area contributed by atoms with Crippen LogP contribution in [0.5, 0.6) is 0 Å². The molecule has 2 rings (SSSR count). The molecule has 0 bridgehead atoms. The summed E-state index contributed by atoms with van der Waals surface area (Å²) in [5, 5.41) is 4.26. The predicted molar refractivity (Wildman–Crippen MR) is 84.5 cm³/mol. The molecule has 1 aliphatic heterocycles. The SMILES string of the molecule is CC1CCN(C(=O)CCNc2ccc(Cl)c(Cl)c2)CC1. The van der Waals surface area contributed by atoms with Crippen molar-refractivity contribution in [2.24, 2.45) is 5.92 Å². The highest BCUT2D eigenvalue weighted by molar-refractivity contribution is 6.42. The molecular weight excluding hydrogens is 295 g/mol. The summed E-state index contributed by atoms with van der Waals surface area (Å²) < 4.78 is 0. The fourth-order valence-electron chi connectivity index (χ4n) is 2.34. The zero-order valence-corrected chi connectivity index (χ0v) is 13.2. The van der Waals surface area contributed by atoms with E-state index in [2.05, 4.69) is 12.2 Å². The Morgan fingerprint density at radius 1 is 1.30 bits per heavy atom. The molecule has 0 spiro atoms. The summed E-state index contributed by atoms with van der Waals surface area (Å²) in [7, 11) is 0. The van der Waals surface area contributed by atoms with Crippen LogP contribution in [0.3, 0.4) is 0 Å². The highest BCUT2D eigenvalue weighted by Gasteiger charge is 2.19. The van der Waals surface area contributed by atoms with Crippen molar-refractivity contribution in [3.63, 3.8) is 0 Å². The standard InChI is InChI=1S/C15H20Cl2N2O/c1-11-5-8-19(9-6-11)15(20)4-7-18-12-2-3-13(16)14(17)10-12/h2-3,10-11,18H,4-9H2,1H3. The van der Waals surface area contributed by atoms with Crippen LogP contribution < -0.4 is 5.32 Å². The van der Waals surface area contributed by atoms with E-state index in [1.807, 2.05) is 11.0 Å². The van der Waals surface area contributed by atoms with Crippen LogP contribution in [0.15, 0.2) is 18.2 Å². The van der Waals surface area contributed by atoms with Gasteiger partial charge in [-0.25, -0.2) is 0 Å². The Morgan fingerprint density at radius 2 is 2.00 bits per heavy atom. The van der Waals surface area contributed by atoms with Gasteiger partial charge in [0.15, 0.2) is 0 Å². The lowest BCUT2D eigenvalue weighted by Gasteiger charge is -2.30. The van der Waals surface area contributed by atoms with E-state index < -0.39 is 0 Å². The third-order valence-electron chi connectivity index (χ3n) is 3.72. The van der Waals surface area contributed by atoms with Crippen LogP contribution >= 0.6 is 23.2 Å². The number of piperidine rings is 1. The van der Waals surface area contributed by atoms with E-state index in [1.54, 1.807) is 12.1 Å². The summed E-state index contributed by atoms with van der Waals surface area (Å²) in [5.41, 5.74) is 0.888. The summed E-state index contributed by atoms with van der Waals surface area (Å²) in [6.07, 6.45) is 2.74. The third-order valence-corrected chi connectivity index (χ3v) is 4.46. The van der Waals surface area contributed by atoms with E-state index >= 15 is 0 Å². The summed E-state index contributed by atoms with van der Waals surface area (Å²) in [5.74, 6) is 0.970. The molecule has 1 amide bonds. The molecule has 0 aliphatic carbocycles. The first-order chi connectivity index (χ1) is 9.56. The Bertz CT molecular complexity index is 471. The molecule has 1 aromatic rings. The van der Waals surface area contributed by atoms with E-state index in [0.717, 1.165) is 37.5 Å². The molecule has 1 aromatic carbocycles. The van der Waals surface area contributed by atoms with Crippen LogP contribution in [0.4, 0.5) is 5.69 Å². The smallest absolute Gasteiger partial charge is 0.224 e. The molecular formula is C15H20Cl2N2O. The molecule has 1 heterocycles. The maximum atomic E-state index is 12.1. The Kier molecular flexibility index (Phi) is 5.55. The van der Waals surface area contributed by atoms with Crippen molar-refractivity contribution in [1.29, 1.82) is 0 Å². The van der Waals surface area contributed by atoms with Crippen molar-refractivity contribution in [2.75, 3.05) is 25.0 Å². The lowest BCUT2D eigenvalue weighted by Crippen LogP contribution is -2.38. The molecule has 0 saturated carbocycles. The minimum Gasteiger partial charge on any atom is -0.384 e. The van der Waals surface area contributed by atoms with Gasteiger partial charge in [-0.1, -0.05) is 30.1 Å². The van der Waals surface area contributed by atoms with Gasteiger partial charge in [0.25, 0.3) is 0 Å². The zero-order valence-electron chi connectivity index (χ0n) is 11.7. The first kappa shape index (κ1) is 15.5. The van der Waals surface area contributed by atoms with Crippen LogP contribution in [0.25, 0.3) is 0 Å². The van der Waals surface area contributed by atoms with Gasteiger partial charge in [0, 0.05) is 31.7 Å². The number of likely N-dealkylation sites (tertiary alicyclic amines) is 1. The minimum absolute atomic E-state index is 0.226. The molecule has 0 unspecified atom stereocenters. The van der Waals surface area contributed by atoms with E-state index in [4.69, 9.17) is 23.2 Å². The topological polar surface area (TPSA) is 32.3 Å². The second-order valence-electron chi connectivity index (χ2n) is 5.37. The van der Waals surface area contributed by atoms with Crippen molar-refractivity contribution < 1.29 is 4.79 Å². The highest BCUT2D eigenvalue weighted by atomic mass is 35.5. The molecule has 1 aliphatic rings. The molecule has 0 radical (unpaired) electrons. The summed E-state index contributed by atoms with van der Waals surface area (Å²) in [4.78, 5) is 14.0. The van der Waals surface area contributed by atoms with Crippen LogP contribution in [0.2, 0.25) is 10.0 Å². The van der Waals surface area contributed by atoms with Crippen LogP contribution in [0, 0.1) is 5.92 Å². The van der Waals surface area contributed by atoms with Gasteiger partial charge >= 0.3 is 0 Å². The van der Waals surface area contributed by atoms with Gasteiger partial charge in [-0.2, -0.15) is 0 Å². The second kappa shape index (κ2) is 7.19. The molecule has 110 valence electrons. The first-order valence-electron chi connectivity index (χ1n) is 7.03. The number of nitrogens with zero attached hydrogens (tertiary/aromatic N) is 1. The lowest BCUT2D eigenvalue weighted by molar-refractivity contribution is -0.132. The van der Waals surface area contributed by atoms with E-state index in [9.17, 15) is 4.79 Å². The molecule has 1 N–H and O–H groups in total. The van der Waals surface area contributed by atoms with Crippen molar-refractivity contribution in [2.45, 2.75) is 26.2 Å². The van der Waals surface area contributed by atoms with E-state index in [0.29, 0.717) is 23.0 Å². The first-order valence-corrected chi connectivity index (χ1v) is 7.78. The fourth-order valence-corrected chi connectivity index (χ4v) is 2.63. The van der Waals surface area contributed by atoms with Crippen LogP contribution in [0.1, 0.15) is 26.2 Å². The second-order valence-corrected chi connectivity index (χ2v) is 6.18. The van der Waals surface area contributed by atoms with Gasteiger partial charge in [0.2, 0.25) is 5.91 Å². The summed E-state index contributed by atoms with van der Waals surface area (Å²) in [6.45, 7) is 4.65. The number of nitrogens with one attached hydrogen (secondary N) is 1. The number of amides is 1. The Morgan fingerprint density at radius 3 is 2.65 bits per heavy atom. The van der Waals surface area contributed by atoms with E-state index in [-0.39, 0.29) is 5.91 Å². The quantitative estimate of drug-likeness (QED) is 0.909. The number of benzene rings is 1. The lowest BCUT2D eigenvalue weighted by atomic mass is 9.99. The maximum Gasteiger partial charge on any atom is 0.224 e. The molecule has 0 atom stereocenters. The Hall–Kier alpha value is -0.930. The largest absolute Gasteiger partial charge is 0.384 e. The molecule has 20 heavy (non-hydrogen) atoms. The predicted octanol–water partition coefficient (Wildman–Crippen LogP) is 4.05. The number of halogens is 2. The molecule has 3 nitrogen and oxygen atoms in total. The average molecular weight is 315 g/mol. The third kappa shape index (κ3) is 4.29. The average Bonchev–Trinajstić information content (AvgIpc) is 2.43. The summed E-state index contributed by atoms with van der Waals surface area (Å²) >= 11 is 11.8. The van der Waals surface area contributed by atoms with Crippen molar-refractivity contribution >= 4 is 34.8 Å². The Balaban J connectivity index is 1.75. The number of hydrogen-bond acceptors (Lipinski definition) is 2. The van der Waals surface area contributed by atoms with Crippen molar-refractivity contribution in [1.82, 2.24) is 4.90 Å². The molecule has 5 heteroatoms. The molecule has 0 aromatic heterocycles. The maximum absolute atomic E-state index is 12.1. The van der Waals surface area contributed by atoms with Gasteiger partial charge < -0.3 is 10.2 Å². The minimum atomic E-state index is 0.226. The Labute approximate surface area is 130 Å². The number of rotatable bonds is 4. The zero-order chi connectivity index (χ0) is 14.5. The number of carbonyl (C=O) groups is 1. The van der Waals surface area contributed by atoms with Gasteiger partial charge in [0.05, 0.1) is 10.0 Å². The fraction of sp³-hybridized carbons (Fsp3) is 0.533. The highest BCUT2D eigenvalue weighted by Crippen LogP contribution is 2.25. The number of anilines is 1. The monoisotopic (exact) mass is 314 g/mol. The molecule has 1 saturated heterocycles. The molecule has 1 fully saturated rings.